The van der Waals surface area contributed by atoms with Crippen molar-refractivity contribution >= 4 is 11.7 Å². The second-order valence-electron chi connectivity index (χ2n) is 6.26. The molecular formula is C19H19F4N3O3. The van der Waals surface area contributed by atoms with Crippen LogP contribution in [0.5, 0.6) is 5.88 Å². The quantitative estimate of drug-likeness (QED) is 0.670. The van der Waals surface area contributed by atoms with E-state index in [-0.39, 0.29) is 17.8 Å². The van der Waals surface area contributed by atoms with E-state index in [1.807, 2.05) is 0 Å². The van der Waals surface area contributed by atoms with E-state index in [9.17, 15) is 27.2 Å². The highest BCUT2D eigenvalue weighted by molar-refractivity contribution is 5.94. The van der Waals surface area contributed by atoms with E-state index >= 15 is 0 Å². The van der Waals surface area contributed by atoms with E-state index in [0.717, 1.165) is 12.3 Å². The summed E-state index contributed by atoms with van der Waals surface area (Å²) in [7, 11) is 0. The van der Waals surface area contributed by atoms with Crippen LogP contribution in [0.15, 0.2) is 30.6 Å². The third-order valence-electron chi connectivity index (χ3n) is 3.90. The van der Waals surface area contributed by atoms with Gasteiger partial charge in [0.25, 0.3) is 11.8 Å². The van der Waals surface area contributed by atoms with Gasteiger partial charge in [-0.15, -0.1) is 0 Å². The number of amides is 1. The number of hydrogen-bond acceptors (Lipinski definition) is 5. The zero-order valence-corrected chi connectivity index (χ0v) is 15.7. The predicted molar refractivity (Wildman–Crippen MR) is 94.9 cm³/mol. The highest BCUT2D eigenvalue weighted by atomic mass is 19.4. The van der Waals surface area contributed by atoms with E-state index in [4.69, 9.17) is 0 Å². The van der Waals surface area contributed by atoms with Gasteiger partial charge in [0.1, 0.15) is 5.78 Å². The normalized spacial score (nSPS) is 12.3. The third-order valence-corrected chi connectivity index (χ3v) is 3.90. The summed E-state index contributed by atoms with van der Waals surface area (Å²) in [6.45, 7) is 1.75. The lowest BCUT2D eigenvalue weighted by atomic mass is 10.1. The molecule has 0 aromatic carbocycles. The first-order valence-electron chi connectivity index (χ1n) is 8.71. The Labute approximate surface area is 164 Å². The van der Waals surface area contributed by atoms with Gasteiger partial charge < -0.3 is 10.1 Å². The Balaban J connectivity index is 2.05. The average Bonchev–Trinajstić information content (AvgIpc) is 2.66. The lowest BCUT2D eigenvalue weighted by molar-refractivity contribution is -0.154. The summed E-state index contributed by atoms with van der Waals surface area (Å²) in [4.78, 5) is 31.4. The van der Waals surface area contributed by atoms with Crippen molar-refractivity contribution in [1.82, 2.24) is 15.3 Å². The molecule has 6 nitrogen and oxygen atoms in total. The highest BCUT2D eigenvalue weighted by Crippen LogP contribution is 2.20. The average molecular weight is 413 g/mol. The summed E-state index contributed by atoms with van der Waals surface area (Å²) in [6.07, 6.45) is -1.62. The predicted octanol–water partition coefficient (Wildman–Crippen LogP) is 3.57. The lowest BCUT2D eigenvalue weighted by Gasteiger charge is -2.15. The summed E-state index contributed by atoms with van der Waals surface area (Å²) in [5, 5.41) is 2.63. The van der Waals surface area contributed by atoms with Crippen LogP contribution in [0.3, 0.4) is 0 Å². The lowest BCUT2D eigenvalue weighted by Crippen LogP contribution is -2.27. The van der Waals surface area contributed by atoms with Gasteiger partial charge in [-0.25, -0.2) is 9.37 Å². The van der Waals surface area contributed by atoms with E-state index in [1.54, 1.807) is 26.0 Å². The van der Waals surface area contributed by atoms with Crippen LogP contribution in [0.1, 0.15) is 47.9 Å². The number of halogens is 4. The summed E-state index contributed by atoms with van der Waals surface area (Å²) >= 11 is 0. The van der Waals surface area contributed by atoms with Crippen molar-refractivity contribution < 1.29 is 31.9 Å². The maximum absolute atomic E-state index is 13.9. The number of nitrogens with zero attached hydrogens (tertiary/aromatic N) is 2. The van der Waals surface area contributed by atoms with Crippen LogP contribution >= 0.6 is 0 Å². The van der Waals surface area contributed by atoms with Gasteiger partial charge >= 0.3 is 6.18 Å². The van der Waals surface area contributed by atoms with Gasteiger partial charge in [-0.3, -0.25) is 14.6 Å². The summed E-state index contributed by atoms with van der Waals surface area (Å²) < 4.78 is 54.6. The van der Waals surface area contributed by atoms with E-state index in [2.05, 4.69) is 20.0 Å². The van der Waals surface area contributed by atoms with E-state index in [0.29, 0.717) is 17.7 Å². The first-order chi connectivity index (χ1) is 13.6. The minimum absolute atomic E-state index is 0.0284. The minimum Gasteiger partial charge on any atom is -0.466 e. The fourth-order valence-electron chi connectivity index (χ4n) is 2.36. The van der Waals surface area contributed by atoms with Crippen LogP contribution in [0.25, 0.3) is 0 Å². The van der Waals surface area contributed by atoms with E-state index in [1.165, 1.54) is 6.20 Å². The Morgan fingerprint density at radius 3 is 2.59 bits per heavy atom. The van der Waals surface area contributed by atoms with Crippen molar-refractivity contribution in [1.29, 1.82) is 0 Å². The largest absolute Gasteiger partial charge is 0.466 e. The maximum atomic E-state index is 13.9. The second-order valence-corrected chi connectivity index (χ2v) is 6.26. The number of nitrogens with one attached hydrogen (secondary N) is 1. The number of aromatic nitrogens is 2. The van der Waals surface area contributed by atoms with Gasteiger partial charge in [0.05, 0.1) is 11.6 Å². The molecule has 1 unspecified atom stereocenters. The number of hydrogen-bond donors (Lipinski definition) is 1. The molecule has 156 valence electrons. The van der Waals surface area contributed by atoms with Crippen LogP contribution in [-0.2, 0) is 11.2 Å². The van der Waals surface area contributed by atoms with Gasteiger partial charge in [-0.05, 0) is 30.7 Å². The number of alkyl halides is 3. The van der Waals surface area contributed by atoms with Crippen molar-refractivity contribution in [2.24, 2.45) is 0 Å². The molecule has 0 aliphatic carbocycles. The molecule has 10 heteroatoms. The van der Waals surface area contributed by atoms with Gasteiger partial charge in [-0.2, -0.15) is 13.2 Å². The van der Waals surface area contributed by atoms with Gasteiger partial charge in [0.15, 0.2) is 12.4 Å². The summed E-state index contributed by atoms with van der Waals surface area (Å²) in [5.41, 5.74) is 1.07. The Bertz CT molecular complexity index is 887. The second kappa shape index (κ2) is 9.44. The highest BCUT2D eigenvalue weighted by Gasteiger charge is 2.29. The maximum Gasteiger partial charge on any atom is 0.422 e. The molecule has 2 heterocycles. The number of carbonyl (C=O) groups is 2. The minimum atomic E-state index is -4.63. The Hall–Kier alpha value is -3.04. The molecule has 0 bridgehead atoms. The molecule has 0 spiro atoms. The van der Waals surface area contributed by atoms with Crippen LogP contribution in [0, 0.1) is 5.82 Å². The molecule has 2 rings (SSSR count). The molecule has 0 aliphatic rings. The van der Waals surface area contributed by atoms with Crippen LogP contribution in [0.2, 0.25) is 0 Å². The molecule has 0 saturated carbocycles. The zero-order valence-electron chi connectivity index (χ0n) is 15.7. The molecule has 0 fully saturated rings. The van der Waals surface area contributed by atoms with Crippen LogP contribution in [0.4, 0.5) is 17.6 Å². The van der Waals surface area contributed by atoms with Gasteiger partial charge in [0.2, 0.25) is 0 Å². The number of pyridine rings is 2. The molecule has 1 atom stereocenters. The molecular weight excluding hydrogens is 394 g/mol. The number of rotatable bonds is 8. The Morgan fingerprint density at radius 1 is 1.24 bits per heavy atom. The molecule has 1 amide bonds. The smallest absolute Gasteiger partial charge is 0.422 e. The van der Waals surface area contributed by atoms with Crippen molar-refractivity contribution in [2.45, 2.75) is 38.9 Å². The fraction of sp³-hybridized carbons (Fsp3) is 0.368. The third kappa shape index (κ3) is 6.81. The summed E-state index contributed by atoms with van der Waals surface area (Å²) in [6, 6.07) is 3.60. The van der Waals surface area contributed by atoms with E-state index < -0.39 is 36.4 Å². The SMILES string of the molecule is CCC(=O)Cc1cc(C(C)NC(=O)c2cnc(OCC(F)(F)F)c(F)c2)ccn1. The molecule has 2 aromatic rings. The van der Waals surface area contributed by atoms with Crippen molar-refractivity contribution in [3.8, 4) is 5.88 Å². The molecule has 0 radical (unpaired) electrons. The topological polar surface area (TPSA) is 81.2 Å². The fourth-order valence-corrected chi connectivity index (χ4v) is 2.36. The van der Waals surface area contributed by atoms with Crippen molar-refractivity contribution in [3.05, 3.63) is 53.2 Å². The number of ether oxygens (including phenoxy) is 1. The number of Topliss-reactive ketones (excluding diaryl/α,β-unsaturated/α-hetero) is 1. The number of carbonyl (C=O) groups excluding carboxylic acids is 2. The monoisotopic (exact) mass is 413 g/mol. The van der Waals surface area contributed by atoms with Gasteiger partial charge in [-0.1, -0.05) is 6.92 Å². The zero-order chi connectivity index (χ0) is 21.6. The molecule has 0 saturated heterocycles. The summed E-state index contributed by atoms with van der Waals surface area (Å²) in [5.74, 6) is -2.67. The van der Waals surface area contributed by atoms with Crippen LogP contribution in [-0.4, -0.2) is 34.4 Å². The standard InChI is InChI=1S/C19H19F4N3O3/c1-3-15(27)8-14-6-12(4-5-24-14)11(2)26-17(28)13-7-16(20)18(25-9-13)29-10-19(21,22)23/h4-7,9,11H,3,8,10H2,1-2H3,(H,26,28). The van der Waals surface area contributed by atoms with Crippen LogP contribution < -0.4 is 10.1 Å². The van der Waals surface area contributed by atoms with Gasteiger partial charge in [0, 0.05) is 30.9 Å². The first-order valence-corrected chi connectivity index (χ1v) is 8.71. The molecule has 1 N–H and O–H groups in total. The van der Waals surface area contributed by atoms with Crippen molar-refractivity contribution in [2.75, 3.05) is 6.61 Å². The Kier molecular flexibility index (Phi) is 7.24. The van der Waals surface area contributed by atoms with Crippen molar-refractivity contribution in [3.63, 3.8) is 0 Å². The number of ketones is 1. The first kappa shape index (κ1) is 22.3. The molecule has 29 heavy (non-hydrogen) atoms. The Morgan fingerprint density at radius 2 is 1.97 bits per heavy atom. The molecule has 2 aromatic heterocycles. The molecule has 0 aliphatic heterocycles.